The van der Waals surface area contributed by atoms with Crippen molar-refractivity contribution in [2.24, 2.45) is 0 Å². The number of aromatic nitrogens is 1. The van der Waals surface area contributed by atoms with Gasteiger partial charge >= 0.3 is 0 Å². The first-order valence-corrected chi connectivity index (χ1v) is 5.84. The van der Waals surface area contributed by atoms with Crippen LogP contribution in [0.5, 0.6) is 0 Å². The van der Waals surface area contributed by atoms with E-state index in [9.17, 15) is 13.6 Å². The average molecular weight is 255 g/mol. The fraction of sp³-hybridized carbons (Fsp3) is 0.500. The molecular formula is C12H15F2N3O. The third-order valence-corrected chi connectivity index (χ3v) is 3.08. The van der Waals surface area contributed by atoms with Gasteiger partial charge in [0.25, 0.3) is 0 Å². The second kappa shape index (κ2) is 5.39. The lowest BCUT2D eigenvalue weighted by Crippen LogP contribution is -2.47. The number of hydrogen-bond acceptors (Lipinski definition) is 3. The lowest BCUT2D eigenvalue weighted by Gasteiger charge is -2.33. The van der Waals surface area contributed by atoms with Crippen LogP contribution in [0.2, 0.25) is 0 Å². The van der Waals surface area contributed by atoms with Crippen molar-refractivity contribution in [3.05, 3.63) is 29.6 Å². The summed E-state index contributed by atoms with van der Waals surface area (Å²) in [6.45, 7) is 4.52. The largest absolute Gasteiger partial charge is 0.340 e. The second-order valence-electron chi connectivity index (χ2n) is 4.36. The molecular weight excluding hydrogens is 240 g/mol. The zero-order valence-electron chi connectivity index (χ0n) is 10.2. The molecule has 0 spiro atoms. The molecule has 1 fully saturated rings. The maximum Gasteiger partial charge on any atom is 0.219 e. The highest BCUT2D eigenvalue weighted by Gasteiger charge is 2.19. The van der Waals surface area contributed by atoms with E-state index in [0.29, 0.717) is 32.7 Å². The zero-order chi connectivity index (χ0) is 13.1. The topological polar surface area (TPSA) is 36.4 Å². The highest BCUT2D eigenvalue weighted by molar-refractivity contribution is 5.73. The molecule has 18 heavy (non-hydrogen) atoms. The zero-order valence-corrected chi connectivity index (χ0v) is 10.2. The number of rotatable bonds is 2. The van der Waals surface area contributed by atoms with Gasteiger partial charge in [-0.25, -0.2) is 8.78 Å². The van der Waals surface area contributed by atoms with Crippen molar-refractivity contribution in [3.8, 4) is 0 Å². The van der Waals surface area contributed by atoms with Crippen LogP contribution in [0.1, 0.15) is 12.6 Å². The molecule has 4 nitrogen and oxygen atoms in total. The quantitative estimate of drug-likeness (QED) is 0.791. The van der Waals surface area contributed by atoms with E-state index < -0.39 is 11.6 Å². The van der Waals surface area contributed by atoms with Crippen LogP contribution in [0.4, 0.5) is 8.78 Å². The average Bonchev–Trinajstić information content (AvgIpc) is 2.33. The van der Waals surface area contributed by atoms with Gasteiger partial charge in [0.05, 0.1) is 11.9 Å². The van der Waals surface area contributed by atoms with E-state index in [-0.39, 0.29) is 11.6 Å². The lowest BCUT2D eigenvalue weighted by molar-refractivity contribution is -0.130. The van der Waals surface area contributed by atoms with E-state index in [1.54, 1.807) is 4.90 Å². The van der Waals surface area contributed by atoms with E-state index in [1.165, 1.54) is 6.92 Å². The number of amides is 1. The van der Waals surface area contributed by atoms with Gasteiger partial charge in [-0.15, -0.1) is 0 Å². The Balaban J connectivity index is 1.93. The number of piperazine rings is 1. The Labute approximate surface area is 104 Å². The van der Waals surface area contributed by atoms with Crippen molar-refractivity contribution in [1.29, 1.82) is 0 Å². The van der Waals surface area contributed by atoms with Gasteiger partial charge in [-0.3, -0.25) is 14.7 Å². The first-order chi connectivity index (χ1) is 8.56. The van der Waals surface area contributed by atoms with Gasteiger partial charge in [0.1, 0.15) is 11.6 Å². The number of nitrogens with zero attached hydrogens (tertiary/aromatic N) is 3. The van der Waals surface area contributed by atoms with Crippen LogP contribution in [0.15, 0.2) is 12.3 Å². The smallest absolute Gasteiger partial charge is 0.219 e. The van der Waals surface area contributed by atoms with Crippen LogP contribution in [-0.2, 0) is 11.3 Å². The summed E-state index contributed by atoms with van der Waals surface area (Å²) in [7, 11) is 0. The summed E-state index contributed by atoms with van der Waals surface area (Å²) in [5.41, 5.74) is 0.243. The van der Waals surface area contributed by atoms with Gasteiger partial charge in [-0.2, -0.15) is 0 Å². The molecule has 1 aromatic heterocycles. The molecule has 1 aliphatic heterocycles. The second-order valence-corrected chi connectivity index (χ2v) is 4.36. The van der Waals surface area contributed by atoms with E-state index >= 15 is 0 Å². The maximum absolute atomic E-state index is 13.4. The molecule has 0 N–H and O–H groups in total. The summed E-state index contributed by atoms with van der Waals surface area (Å²) in [6, 6.07) is 0.841. The minimum atomic E-state index is -0.669. The Kier molecular flexibility index (Phi) is 3.86. The number of halogens is 2. The maximum atomic E-state index is 13.4. The van der Waals surface area contributed by atoms with Crippen LogP contribution in [0.3, 0.4) is 0 Å². The summed E-state index contributed by atoms with van der Waals surface area (Å²) >= 11 is 0. The van der Waals surface area contributed by atoms with Crippen LogP contribution < -0.4 is 0 Å². The summed E-state index contributed by atoms with van der Waals surface area (Å²) in [5, 5.41) is 0. The molecule has 1 aliphatic rings. The molecule has 0 saturated carbocycles. The molecule has 98 valence electrons. The molecule has 0 aromatic carbocycles. The van der Waals surface area contributed by atoms with E-state index in [2.05, 4.69) is 4.98 Å². The molecule has 2 rings (SSSR count). The third-order valence-electron chi connectivity index (χ3n) is 3.08. The summed E-state index contributed by atoms with van der Waals surface area (Å²) in [5.74, 6) is -1.23. The van der Waals surface area contributed by atoms with E-state index in [1.807, 2.05) is 4.90 Å². The predicted molar refractivity (Wildman–Crippen MR) is 61.7 cm³/mol. The van der Waals surface area contributed by atoms with Crippen molar-refractivity contribution < 1.29 is 13.6 Å². The first-order valence-electron chi connectivity index (χ1n) is 5.84. The molecule has 1 saturated heterocycles. The van der Waals surface area contributed by atoms with Gasteiger partial charge in [-0.1, -0.05) is 0 Å². The van der Waals surface area contributed by atoms with Crippen LogP contribution in [0.25, 0.3) is 0 Å². The number of carbonyl (C=O) groups excluding carboxylic acids is 1. The van der Waals surface area contributed by atoms with Crippen molar-refractivity contribution >= 4 is 5.91 Å². The Hall–Kier alpha value is -1.56. The van der Waals surface area contributed by atoms with Crippen molar-refractivity contribution in [2.75, 3.05) is 26.2 Å². The van der Waals surface area contributed by atoms with Crippen molar-refractivity contribution in [3.63, 3.8) is 0 Å². The number of pyridine rings is 1. The lowest BCUT2D eigenvalue weighted by atomic mass is 10.2. The highest BCUT2D eigenvalue weighted by Crippen LogP contribution is 2.11. The Morgan fingerprint density at radius 1 is 1.33 bits per heavy atom. The fourth-order valence-corrected chi connectivity index (χ4v) is 1.99. The summed E-state index contributed by atoms with van der Waals surface area (Å²) < 4.78 is 26.1. The standard InChI is InChI=1S/C12H15F2N3O/c1-9(18)17-4-2-16(3-5-17)8-12-11(14)6-10(13)7-15-12/h6-7H,2-5,8H2,1H3. The summed E-state index contributed by atoms with van der Waals surface area (Å²) in [6.07, 6.45) is 1.02. The van der Waals surface area contributed by atoms with Crippen LogP contribution >= 0.6 is 0 Å². The van der Waals surface area contributed by atoms with Crippen molar-refractivity contribution in [2.45, 2.75) is 13.5 Å². The molecule has 1 amide bonds. The van der Waals surface area contributed by atoms with Crippen LogP contribution in [-0.4, -0.2) is 46.9 Å². The van der Waals surface area contributed by atoms with Crippen molar-refractivity contribution in [1.82, 2.24) is 14.8 Å². The molecule has 2 heterocycles. The summed E-state index contributed by atoms with van der Waals surface area (Å²) in [4.78, 5) is 18.7. The normalized spacial score (nSPS) is 16.9. The highest BCUT2D eigenvalue weighted by atomic mass is 19.1. The molecule has 0 atom stereocenters. The molecule has 1 aromatic rings. The molecule has 0 aliphatic carbocycles. The van der Waals surface area contributed by atoms with Gasteiger partial charge in [-0.05, 0) is 0 Å². The Morgan fingerprint density at radius 2 is 2.00 bits per heavy atom. The van der Waals surface area contributed by atoms with Crippen LogP contribution in [0, 0.1) is 11.6 Å². The van der Waals surface area contributed by atoms with Gasteiger partial charge in [0.2, 0.25) is 5.91 Å². The molecule has 0 radical (unpaired) electrons. The monoisotopic (exact) mass is 255 g/mol. The third kappa shape index (κ3) is 3.01. The Morgan fingerprint density at radius 3 is 2.56 bits per heavy atom. The number of carbonyl (C=O) groups is 1. The molecule has 0 unspecified atom stereocenters. The fourth-order valence-electron chi connectivity index (χ4n) is 1.99. The number of hydrogen-bond donors (Lipinski definition) is 0. The minimum absolute atomic E-state index is 0.0562. The first kappa shape index (κ1) is 12.9. The van der Waals surface area contributed by atoms with E-state index in [0.717, 1.165) is 12.3 Å². The molecule has 0 bridgehead atoms. The van der Waals surface area contributed by atoms with Gasteiger partial charge in [0.15, 0.2) is 0 Å². The van der Waals surface area contributed by atoms with Gasteiger partial charge in [0, 0.05) is 45.7 Å². The molecule has 6 heteroatoms. The minimum Gasteiger partial charge on any atom is -0.340 e. The SMILES string of the molecule is CC(=O)N1CCN(Cc2ncc(F)cc2F)CC1. The van der Waals surface area contributed by atoms with Gasteiger partial charge < -0.3 is 4.90 Å². The van der Waals surface area contributed by atoms with E-state index in [4.69, 9.17) is 0 Å². The predicted octanol–water partition coefficient (Wildman–Crippen LogP) is 1.02. The Bertz CT molecular complexity index is 445.